The summed E-state index contributed by atoms with van der Waals surface area (Å²) in [5.41, 5.74) is -2.17. The number of carboxylic acids is 2. The van der Waals surface area contributed by atoms with Gasteiger partial charge in [-0.1, -0.05) is 0 Å². The molecule has 17 heavy (non-hydrogen) atoms. The molecule has 1 fully saturated rings. The molecule has 0 saturated carbocycles. The van der Waals surface area contributed by atoms with E-state index < -0.39 is 36.4 Å². The first-order valence-corrected chi connectivity index (χ1v) is 7.60. The van der Waals surface area contributed by atoms with Gasteiger partial charge in [0.1, 0.15) is 0 Å². The van der Waals surface area contributed by atoms with Gasteiger partial charge in [-0.05, 0) is 18.6 Å². The molecule has 1 saturated heterocycles. The number of hydrogen-bond donors (Lipinski definition) is 4. The molecule has 0 spiro atoms. The maximum atomic E-state index is 11.1. The van der Waals surface area contributed by atoms with Crippen LogP contribution in [0.1, 0.15) is 12.8 Å². The number of thioether (sulfide) groups is 1. The largest absolute Gasteiger partial charge is 0.481 e. The van der Waals surface area contributed by atoms with Crippen molar-refractivity contribution >= 4 is 31.3 Å². The van der Waals surface area contributed by atoms with Gasteiger partial charge in [-0.25, -0.2) is 0 Å². The Hall–Kier alpha value is -0.560. The topological polar surface area (TPSA) is 132 Å². The third-order valence-corrected chi connectivity index (χ3v) is 5.35. The van der Waals surface area contributed by atoms with Crippen LogP contribution in [-0.4, -0.2) is 48.6 Å². The molecule has 1 aliphatic heterocycles. The first-order valence-electron chi connectivity index (χ1n) is 4.87. The Bertz CT molecular complexity index is 359. The number of hydrogen-bond acceptors (Lipinski definition) is 4. The van der Waals surface area contributed by atoms with Crippen LogP contribution < -0.4 is 0 Å². The highest BCUT2D eigenvalue weighted by atomic mass is 32.2. The highest BCUT2D eigenvalue weighted by Crippen LogP contribution is 2.49. The van der Waals surface area contributed by atoms with Crippen LogP contribution in [0.3, 0.4) is 0 Å². The van der Waals surface area contributed by atoms with Gasteiger partial charge in [0.05, 0.1) is 5.92 Å². The quantitative estimate of drug-likeness (QED) is 0.527. The summed E-state index contributed by atoms with van der Waals surface area (Å²) in [5.74, 6) is -4.11. The van der Waals surface area contributed by atoms with Gasteiger partial charge in [-0.2, -0.15) is 11.8 Å². The maximum Gasteiger partial charge on any atom is 0.340 e. The van der Waals surface area contributed by atoms with Crippen LogP contribution >= 0.6 is 19.4 Å². The fourth-order valence-electron chi connectivity index (χ4n) is 1.89. The highest BCUT2D eigenvalue weighted by Gasteiger charge is 2.50. The molecule has 7 nitrogen and oxygen atoms in total. The van der Waals surface area contributed by atoms with E-state index in [1.165, 1.54) is 11.8 Å². The maximum absolute atomic E-state index is 11.1. The molecule has 0 bridgehead atoms. The fourth-order valence-corrected chi connectivity index (χ4v) is 4.50. The molecule has 1 rings (SSSR count). The standard InChI is InChI=1S/C8H13O7PS/c9-7(10)5(4-2-1-3-17-4)6(8(11)12)16(13,14)15/h4-6H,1-3H2,(H,9,10)(H,11,12)(H2,13,14,15). The second-order valence-corrected chi connectivity index (χ2v) is 6.87. The van der Waals surface area contributed by atoms with Crippen LogP contribution in [0.15, 0.2) is 0 Å². The molecule has 4 N–H and O–H groups in total. The van der Waals surface area contributed by atoms with Crippen LogP contribution in [0.4, 0.5) is 0 Å². The van der Waals surface area contributed by atoms with Gasteiger partial charge < -0.3 is 20.0 Å². The third-order valence-electron chi connectivity index (χ3n) is 2.61. The van der Waals surface area contributed by atoms with Crippen molar-refractivity contribution in [3.8, 4) is 0 Å². The molecule has 3 atom stereocenters. The Labute approximate surface area is 101 Å². The Morgan fingerprint density at radius 1 is 1.24 bits per heavy atom. The summed E-state index contributed by atoms with van der Waals surface area (Å²) >= 11 is 1.25. The van der Waals surface area contributed by atoms with Crippen molar-refractivity contribution in [2.75, 3.05) is 5.75 Å². The molecule has 0 amide bonds. The lowest BCUT2D eigenvalue weighted by Gasteiger charge is -2.25. The van der Waals surface area contributed by atoms with Crippen molar-refractivity contribution in [3.05, 3.63) is 0 Å². The van der Waals surface area contributed by atoms with Gasteiger partial charge in [-0.15, -0.1) is 0 Å². The van der Waals surface area contributed by atoms with E-state index in [9.17, 15) is 14.2 Å². The molecule has 0 radical (unpaired) electrons. The molecule has 0 aromatic carbocycles. The Balaban J connectivity index is 3.05. The molecule has 0 aromatic rings. The first kappa shape index (κ1) is 14.5. The number of rotatable bonds is 5. The third kappa shape index (κ3) is 3.45. The van der Waals surface area contributed by atoms with Crippen LogP contribution in [0.25, 0.3) is 0 Å². The Morgan fingerprint density at radius 3 is 2.12 bits per heavy atom. The number of carbonyl (C=O) groups is 2. The average Bonchev–Trinajstić information content (AvgIpc) is 2.62. The van der Waals surface area contributed by atoms with E-state index in [0.717, 1.165) is 6.42 Å². The second-order valence-electron chi connectivity index (χ2n) is 3.79. The van der Waals surface area contributed by atoms with Crippen molar-refractivity contribution in [2.24, 2.45) is 5.92 Å². The lowest BCUT2D eigenvalue weighted by atomic mass is 9.98. The van der Waals surface area contributed by atoms with Crippen molar-refractivity contribution in [1.82, 2.24) is 0 Å². The lowest BCUT2D eigenvalue weighted by Crippen LogP contribution is -2.40. The minimum absolute atomic E-state index is 0.464. The van der Waals surface area contributed by atoms with Crippen molar-refractivity contribution in [1.29, 1.82) is 0 Å². The first-order chi connectivity index (χ1) is 7.75. The average molecular weight is 284 g/mol. The summed E-state index contributed by atoms with van der Waals surface area (Å²) in [5, 5.41) is 17.3. The highest BCUT2D eigenvalue weighted by molar-refractivity contribution is 8.00. The van der Waals surface area contributed by atoms with Crippen LogP contribution in [0.5, 0.6) is 0 Å². The normalized spacial score (nSPS) is 24.2. The van der Waals surface area contributed by atoms with Gasteiger partial charge in [0, 0.05) is 5.25 Å². The smallest absolute Gasteiger partial charge is 0.340 e. The molecule has 1 aliphatic rings. The Morgan fingerprint density at radius 2 is 1.82 bits per heavy atom. The summed E-state index contributed by atoms with van der Waals surface area (Å²) in [6.45, 7) is 0. The van der Waals surface area contributed by atoms with Crippen LogP contribution in [0.2, 0.25) is 0 Å². The lowest BCUT2D eigenvalue weighted by molar-refractivity contribution is -0.148. The molecule has 3 unspecified atom stereocenters. The second kappa shape index (κ2) is 5.39. The number of carboxylic acid groups (broad SMARTS) is 2. The fraction of sp³-hybridized carbons (Fsp3) is 0.750. The summed E-state index contributed by atoms with van der Waals surface area (Å²) in [6.07, 6.45) is 1.19. The van der Waals surface area contributed by atoms with E-state index in [1.807, 2.05) is 0 Å². The minimum Gasteiger partial charge on any atom is -0.481 e. The van der Waals surface area contributed by atoms with E-state index in [4.69, 9.17) is 20.0 Å². The van der Waals surface area contributed by atoms with E-state index in [2.05, 4.69) is 0 Å². The predicted molar refractivity (Wildman–Crippen MR) is 60.1 cm³/mol. The van der Waals surface area contributed by atoms with Crippen molar-refractivity contribution < 1.29 is 34.2 Å². The van der Waals surface area contributed by atoms with E-state index in [-0.39, 0.29) is 0 Å². The molecule has 0 aliphatic carbocycles. The van der Waals surface area contributed by atoms with Crippen LogP contribution in [-0.2, 0) is 14.2 Å². The summed E-state index contributed by atoms with van der Waals surface area (Å²) in [7, 11) is -4.99. The van der Waals surface area contributed by atoms with Gasteiger partial charge in [0.2, 0.25) is 0 Å². The van der Waals surface area contributed by atoms with Gasteiger partial charge in [0.15, 0.2) is 5.66 Å². The monoisotopic (exact) mass is 284 g/mol. The van der Waals surface area contributed by atoms with E-state index in [0.29, 0.717) is 12.2 Å². The molecular weight excluding hydrogens is 271 g/mol. The Kier molecular flexibility index (Phi) is 4.60. The van der Waals surface area contributed by atoms with E-state index in [1.54, 1.807) is 0 Å². The molecule has 1 heterocycles. The zero-order valence-electron chi connectivity index (χ0n) is 8.72. The predicted octanol–water partition coefficient (Wildman–Crippen LogP) is 0.214. The SMILES string of the molecule is O=C(O)C(C1CCCS1)C(C(=O)O)P(=O)(O)O. The van der Waals surface area contributed by atoms with E-state index >= 15 is 0 Å². The molecular formula is C8H13O7PS. The van der Waals surface area contributed by atoms with Gasteiger partial charge in [0.25, 0.3) is 0 Å². The van der Waals surface area contributed by atoms with Crippen molar-refractivity contribution in [3.63, 3.8) is 0 Å². The summed E-state index contributed by atoms with van der Waals surface area (Å²) in [4.78, 5) is 39.9. The zero-order chi connectivity index (χ0) is 13.2. The summed E-state index contributed by atoms with van der Waals surface area (Å²) < 4.78 is 11.1. The molecule has 0 aromatic heterocycles. The summed E-state index contributed by atoms with van der Waals surface area (Å²) in [6, 6.07) is 0. The zero-order valence-corrected chi connectivity index (χ0v) is 10.4. The number of aliphatic carboxylic acids is 2. The molecule has 9 heteroatoms. The van der Waals surface area contributed by atoms with Crippen molar-refractivity contribution in [2.45, 2.75) is 23.8 Å². The molecule has 98 valence electrons. The minimum atomic E-state index is -4.99. The van der Waals surface area contributed by atoms with Gasteiger partial charge >= 0.3 is 19.5 Å². The van der Waals surface area contributed by atoms with Gasteiger partial charge in [-0.3, -0.25) is 14.2 Å². The van der Waals surface area contributed by atoms with Crippen LogP contribution in [0, 0.1) is 5.92 Å².